The number of hydrogen-bond donors (Lipinski definition) is 2. The molecule has 5 heteroatoms. The van der Waals surface area contributed by atoms with Gasteiger partial charge in [0.25, 0.3) is 0 Å². The molecule has 0 amide bonds. The van der Waals surface area contributed by atoms with Gasteiger partial charge in [0.2, 0.25) is 0 Å². The second-order valence-corrected chi connectivity index (χ2v) is 5.68. The van der Waals surface area contributed by atoms with Crippen LogP contribution in [0.5, 0.6) is 0 Å². The Bertz CT molecular complexity index is 585. The lowest BCUT2D eigenvalue weighted by Crippen LogP contribution is -2.44. The maximum absolute atomic E-state index is 14.0. The highest BCUT2D eigenvalue weighted by atomic mass is 32.1. The number of carbonyl (C=O) groups is 1. The van der Waals surface area contributed by atoms with Crippen LogP contribution in [0.2, 0.25) is 0 Å². The van der Waals surface area contributed by atoms with Crippen LogP contribution < -0.4 is 5.73 Å². The van der Waals surface area contributed by atoms with Crippen LogP contribution in [0, 0.1) is 5.82 Å². The summed E-state index contributed by atoms with van der Waals surface area (Å²) in [6.07, 6.45) is 0.843. The number of thiophene rings is 1. The molecule has 3 nitrogen and oxygen atoms in total. The van der Waals surface area contributed by atoms with Crippen molar-refractivity contribution in [1.29, 1.82) is 0 Å². The van der Waals surface area contributed by atoms with E-state index >= 15 is 0 Å². The van der Waals surface area contributed by atoms with Crippen LogP contribution in [-0.2, 0) is 16.6 Å². The summed E-state index contributed by atoms with van der Waals surface area (Å²) in [5, 5.41) is 11.5. The molecule has 0 saturated carbocycles. The van der Waals surface area contributed by atoms with Crippen molar-refractivity contribution in [3.8, 4) is 0 Å². The molecule has 0 saturated heterocycles. The normalized spacial score (nSPS) is 13.9. The summed E-state index contributed by atoms with van der Waals surface area (Å²) in [5.41, 5.74) is 4.48. The van der Waals surface area contributed by atoms with Crippen LogP contribution in [0.15, 0.2) is 41.8 Å². The number of hydrogen-bond acceptors (Lipinski definition) is 3. The number of rotatable bonds is 6. The van der Waals surface area contributed by atoms with Crippen LogP contribution in [0.25, 0.3) is 0 Å². The van der Waals surface area contributed by atoms with Crippen molar-refractivity contribution in [2.24, 2.45) is 5.73 Å². The van der Waals surface area contributed by atoms with E-state index in [1.807, 2.05) is 17.5 Å². The van der Waals surface area contributed by atoms with Gasteiger partial charge in [-0.1, -0.05) is 24.3 Å². The molecule has 0 fully saturated rings. The lowest BCUT2D eigenvalue weighted by molar-refractivity contribution is -0.143. The van der Waals surface area contributed by atoms with E-state index in [0.29, 0.717) is 6.42 Å². The van der Waals surface area contributed by atoms with Gasteiger partial charge >= 0.3 is 5.97 Å². The van der Waals surface area contributed by atoms with E-state index in [2.05, 4.69) is 0 Å². The quantitative estimate of drug-likeness (QED) is 0.861. The highest BCUT2D eigenvalue weighted by Gasteiger charge is 2.40. The fourth-order valence-electron chi connectivity index (χ4n) is 2.30. The molecule has 2 rings (SSSR count). The van der Waals surface area contributed by atoms with Crippen molar-refractivity contribution in [1.82, 2.24) is 0 Å². The van der Waals surface area contributed by atoms with E-state index in [4.69, 9.17) is 5.73 Å². The van der Waals surface area contributed by atoms with Gasteiger partial charge in [-0.05, 0) is 30.4 Å². The third kappa shape index (κ3) is 2.73. The summed E-state index contributed by atoms with van der Waals surface area (Å²) in [6.45, 7) is -0.130. The first-order valence-electron chi connectivity index (χ1n) is 6.31. The predicted molar refractivity (Wildman–Crippen MR) is 77.4 cm³/mol. The molecule has 0 aliphatic heterocycles. The van der Waals surface area contributed by atoms with Crippen molar-refractivity contribution in [2.75, 3.05) is 6.54 Å². The number of carboxylic acid groups (broad SMARTS) is 1. The Morgan fingerprint density at radius 2 is 2.05 bits per heavy atom. The Labute approximate surface area is 120 Å². The van der Waals surface area contributed by atoms with Gasteiger partial charge < -0.3 is 10.8 Å². The minimum atomic E-state index is -1.38. The van der Waals surface area contributed by atoms with Gasteiger partial charge in [-0.15, -0.1) is 11.3 Å². The molecule has 1 atom stereocenters. The third-order valence-corrected chi connectivity index (χ3v) is 4.46. The van der Waals surface area contributed by atoms with Crippen molar-refractivity contribution < 1.29 is 14.3 Å². The first kappa shape index (κ1) is 14.7. The Kier molecular flexibility index (Phi) is 4.52. The Balaban J connectivity index is 2.35. The van der Waals surface area contributed by atoms with E-state index in [0.717, 1.165) is 4.88 Å². The van der Waals surface area contributed by atoms with E-state index in [1.54, 1.807) is 23.5 Å². The zero-order valence-electron chi connectivity index (χ0n) is 10.9. The van der Waals surface area contributed by atoms with E-state index in [-0.39, 0.29) is 18.5 Å². The van der Waals surface area contributed by atoms with E-state index in [1.165, 1.54) is 12.1 Å². The molecule has 1 heterocycles. The molecule has 0 radical (unpaired) electrons. The van der Waals surface area contributed by atoms with Crippen molar-refractivity contribution in [3.05, 3.63) is 58.0 Å². The minimum Gasteiger partial charge on any atom is -0.481 e. The van der Waals surface area contributed by atoms with Gasteiger partial charge in [0.1, 0.15) is 11.2 Å². The van der Waals surface area contributed by atoms with Crippen LogP contribution in [-0.4, -0.2) is 17.6 Å². The molecule has 0 spiro atoms. The zero-order valence-corrected chi connectivity index (χ0v) is 11.7. The summed E-state index contributed by atoms with van der Waals surface area (Å²) in [5.74, 6) is -1.60. The topological polar surface area (TPSA) is 63.3 Å². The SMILES string of the molecule is NCC(CCc1cccs1)(C(=O)O)c1ccccc1F. The van der Waals surface area contributed by atoms with Gasteiger partial charge in [-0.25, -0.2) is 4.39 Å². The summed E-state index contributed by atoms with van der Waals surface area (Å²) in [4.78, 5) is 12.8. The van der Waals surface area contributed by atoms with Crippen LogP contribution in [0.1, 0.15) is 16.9 Å². The average molecular weight is 293 g/mol. The smallest absolute Gasteiger partial charge is 0.315 e. The number of aryl methyl sites for hydroxylation is 1. The van der Waals surface area contributed by atoms with Crippen LogP contribution in [0.4, 0.5) is 4.39 Å². The molecule has 1 aromatic carbocycles. The highest BCUT2D eigenvalue weighted by molar-refractivity contribution is 7.09. The van der Waals surface area contributed by atoms with Crippen LogP contribution in [0.3, 0.4) is 0 Å². The van der Waals surface area contributed by atoms with Crippen molar-refractivity contribution >= 4 is 17.3 Å². The molecular formula is C15H16FNO2S. The maximum Gasteiger partial charge on any atom is 0.315 e. The molecule has 1 aromatic heterocycles. The van der Waals surface area contributed by atoms with E-state index in [9.17, 15) is 14.3 Å². The fourth-order valence-corrected chi connectivity index (χ4v) is 3.01. The highest BCUT2D eigenvalue weighted by Crippen LogP contribution is 2.31. The van der Waals surface area contributed by atoms with Gasteiger partial charge in [-0.3, -0.25) is 4.79 Å². The van der Waals surface area contributed by atoms with Gasteiger partial charge in [0, 0.05) is 17.0 Å². The molecule has 0 bridgehead atoms. The first-order chi connectivity index (χ1) is 9.60. The molecule has 0 aliphatic carbocycles. The lowest BCUT2D eigenvalue weighted by Gasteiger charge is -2.28. The Morgan fingerprint density at radius 3 is 2.60 bits per heavy atom. The molecular weight excluding hydrogens is 277 g/mol. The number of aliphatic carboxylic acids is 1. The molecule has 0 aliphatic rings. The number of benzene rings is 1. The maximum atomic E-state index is 14.0. The first-order valence-corrected chi connectivity index (χ1v) is 7.19. The largest absolute Gasteiger partial charge is 0.481 e. The Hall–Kier alpha value is -1.72. The predicted octanol–water partition coefficient (Wildman–Crippen LogP) is 2.80. The number of halogens is 1. The molecule has 2 aromatic rings. The second kappa shape index (κ2) is 6.15. The fraction of sp³-hybridized carbons (Fsp3) is 0.267. The standard InChI is InChI=1S/C15H16FNO2S/c16-13-6-2-1-5-12(13)15(10-17,14(18)19)8-7-11-4-3-9-20-11/h1-6,9H,7-8,10,17H2,(H,18,19). The minimum absolute atomic E-state index is 0.130. The molecule has 20 heavy (non-hydrogen) atoms. The summed E-state index contributed by atoms with van der Waals surface area (Å²) >= 11 is 1.56. The van der Waals surface area contributed by atoms with Gasteiger partial charge in [-0.2, -0.15) is 0 Å². The summed E-state index contributed by atoms with van der Waals surface area (Å²) < 4.78 is 14.0. The number of nitrogens with two attached hydrogens (primary N) is 1. The van der Waals surface area contributed by atoms with Crippen molar-refractivity contribution in [3.63, 3.8) is 0 Å². The van der Waals surface area contributed by atoms with Gasteiger partial charge in [0.05, 0.1) is 0 Å². The van der Waals surface area contributed by atoms with Gasteiger partial charge in [0.15, 0.2) is 0 Å². The van der Waals surface area contributed by atoms with E-state index < -0.39 is 17.2 Å². The number of carboxylic acids is 1. The lowest BCUT2D eigenvalue weighted by atomic mass is 9.76. The summed E-state index contributed by atoms with van der Waals surface area (Å²) in [6, 6.07) is 9.81. The van der Waals surface area contributed by atoms with Crippen molar-refractivity contribution in [2.45, 2.75) is 18.3 Å². The van der Waals surface area contributed by atoms with Crippen LogP contribution >= 0.6 is 11.3 Å². The third-order valence-electron chi connectivity index (χ3n) is 3.53. The molecule has 106 valence electrons. The average Bonchev–Trinajstić information content (AvgIpc) is 2.94. The zero-order chi connectivity index (χ0) is 14.6. The monoisotopic (exact) mass is 293 g/mol. The second-order valence-electron chi connectivity index (χ2n) is 4.65. The summed E-state index contributed by atoms with van der Waals surface area (Å²) in [7, 11) is 0. The molecule has 1 unspecified atom stereocenters. The Morgan fingerprint density at radius 1 is 1.30 bits per heavy atom. The molecule has 3 N–H and O–H groups in total.